The molecule has 184 valence electrons. The summed E-state index contributed by atoms with van der Waals surface area (Å²) in [5.41, 5.74) is 3.07. The summed E-state index contributed by atoms with van der Waals surface area (Å²) < 4.78 is 5.71. The minimum atomic E-state index is -0.0777. The first-order valence-electron chi connectivity index (χ1n) is 12.6. The Labute approximate surface area is 211 Å². The molecule has 2 aliphatic rings. The third kappa shape index (κ3) is 6.44. The molecule has 1 amide bonds. The highest BCUT2D eigenvalue weighted by Gasteiger charge is 2.26. The van der Waals surface area contributed by atoms with Crippen LogP contribution in [0.25, 0.3) is 0 Å². The van der Waals surface area contributed by atoms with E-state index < -0.39 is 0 Å². The van der Waals surface area contributed by atoms with E-state index in [0.29, 0.717) is 17.5 Å². The number of hydrogen-bond donors (Lipinski definition) is 1. The first-order valence-corrected chi connectivity index (χ1v) is 13.6. The van der Waals surface area contributed by atoms with Crippen LogP contribution in [0, 0.1) is 0 Å². The van der Waals surface area contributed by atoms with Crippen molar-refractivity contribution in [1.82, 2.24) is 15.1 Å². The fourth-order valence-electron chi connectivity index (χ4n) is 5.08. The number of carbonyl (C=O) groups excluding carboxylic acids is 1. The second-order valence-corrected chi connectivity index (χ2v) is 10.2. The number of thioether (sulfide) groups is 1. The highest BCUT2D eigenvalue weighted by Crippen LogP contribution is 2.29. The lowest BCUT2D eigenvalue weighted by Crippen LogP contribution is -2.51. The number of rotatable bonds is 8. The molecule has 3 aromatic rings. The fraction of sp³-hybridized carbons (Fsp3) is 0.444. The predicted octanol–water partition coefficient (Wildman–Crippen LogP) is 4.85. The van der Waals surface area contributed by atoms with Gasteiger partial charge < -0.3 is 14.6 Å². The van der Waals surface area contributed by atoms with Gasteiger partial charge in [-0.05, 0) is 30.5 Å². The van der Waals surface area contributed by atoms with E-state index in [1.165, 1.54) is 43.9 Å². The van der Waals surface area contributed by atoms with Crippen LogP contribution >= 0.6 is 11.8 Å². The van der Waals surface area contributed by atoms with Crippen molar-refractivity contribution in [2.75, 3.05) is 42.1 Å². The average Bonchev–Trinajstić information content (AvgIpc) is 3.36. The van der Waals surface area contributed by atoms with Crippen molar-refractivity contribution in [1.29, 1.82) is 0 Å². The summed E-state index contributed by atoms with van der Waals surface area (Å²) in [6.45, 7) is 4.16. The zero-order valence-electron chi connectivity index (χ0n) is 20.1. The molecule has 1 saturated carbocycles. The van der Waals surface area contributed by atoms with Crippen LogP contribution < -0.4 is 10.2 Å². The number of benzene rings is 2. The number of carbonyl (C=O) groups is 1. The van der Waals surface area contributed by atoms with Crippen LogP contribution in [-0.2, 0) is 11.2 Å². The van der Waals surface area contributed by atoms with Gasteiger partial charge in [-0.25, -0.2) is 0 Å². The largest absolute Gasteiger partial charge is 0.416 e. The number of nitrogens with one attached hydrogen (secondary N) is 1. The monoisotopic (exact) mass is 491 g/mol. The quantitative estimate of drug-likeness (QED) is 0.452. The molecule has 1 aliphatic heterocycles. The van der Waals surface area contributed by atoms with E-state index in [4.69, 9.17) is 4.42 Å². The minimum Gasteiger partial charge on any atom is -0.416 e. The van der Waals surface area contributed by atoms with Gasteiger partial charge in [0.15, 0.2) is 0 Å². The van der Waals surface area contributed by atoms with E-state index in [2.05, 4.69) is 31.4 Å². The maximum absolute atomic E-state index is 12.7. The standard InChI is InChI=1S/C27H33N5O2S/c33-25(20-35-27-30-29-26(34-27)19-21-9-3-1-4-10-21)28-23-13-7-8-14-24(23)32-17-15-31(16-18-32)22-11-5-2-6-12-22/h1,3-4,7-10,13-14,22H,2,5-6,11-12,15-20H2,(H,28,33). The Morgan fingerprint density at radius 1 is 0.943 bits per heavy atom. The Bertz CT molecular complexity index is 1090. The van der Waals surface area contributed by atoms with Crippen molar-refractivity contribution in [3.05, 3.63) is 66.1 Å². The fourth-order valence-corrected chi connectivity index (χ4v) is 5.66. The van der Waals surface area contributed by atoms with Gasteiger partial charge >= 0.3 is 0 Å². The van der Waals surface area contributed by atoms with E-state index in [-0.39, 0.29) is 11.7 Å². The number of aromatic nitrogens is 2. The molecule has 0 unspecified atom stereocenters. The summed E-state index contributed by atoms with van der Waals surface area (Å²) in [6, 6.07) is 18.9. The van der Waals surface area contributed by atoms with Gasteiger partial charge in [0.1, 0.15) is 0 Å². The third-order valence-electron chi connectivity index (χ3n) is 6.90. The van der Waals surface area contributed by atoms with Crippen LogP contribution in [0.1, 0.15) is 43.6 Å². The first-order chi connectivity index (χ1) is 17.2. The summed E-state index contributed by atoms with van der Waals surface area (Å²) in [5, 5.41) is 11.7. The smallest absolute Gasteiger partial charge is 0.277 e. The Morgan fingerprint density at radius 3 is 2.49 bits per heavy atom. The molecule has 1 saturated heterocycles. The number of nitrogens with zero attached hydrogens (tertiary/aromatic N) is 4. The third-order valence-corrected chi connectivity index (χ3v) is 7.72. The van der Waals surface area contributed by atoms with Crippen LogP contribution in [0.15, 0.2) is 64.2 Å². The minimum absolute atomic E-state index is 0.0777. The molecule has 35 heavy (non-hydrogen) atoms. The molecule has 1 N–H and O–H groups in total. The molecule has 0 radical (unpaired) electrons. The molecule has 1 aliphatic carbocycles. The normalized spacial score (nSPS) is 17.4. The molecule has 8 heteroatoms. The maximum Gasteiger partial charge on any atom is 0.277 e. The zero-order valence-corrected chi connectivity index (χ0v) is 20.9. The highest BCUT2D eigenvalue weighted by atomic mass is 32.2. The van der Waals surface area contributed by atoms with Crippen molar-refractivity contribution in [3.63, 3.8) is 0 Å². The summed E-state index contributed by atoms with van der Waals surface area (Å²) in [7, 11) is 0. The van der Waals surface area contributed by atoms with E-state index in [9.17, 15) is 4.79 Å². The Hall–Kier alpha value is -2.84. The lowest BCUT2D eigenvalue weighted by molar-refractivity contribution is -0.113. The molecule has 7 nitrogen and oxygen atoms in total. The van der Waals surface area contributed by atoms with Crippen LogP contribution in [0.5, 0.6) is 0 Å². The Morgan fingerprint density at radius 2 is 1.69 bits per heavy atom. The molecular weight excluding hydrogens is 458 g/mol. The zero-order chi connectivity index (χ0) is 23.9. The van der Waals surface area contributed by atoms with Crippen LogP contribution in [0.4, 0.5) is 11.4 Å². The van der Waals surface area contributed by atoms with Crippen LogP contribution in [0.3, 0.4) is 0 Å². The molecule has 0 bridgehead atoms. The lowest BCUT2D eigenvalue weighted by Gasteiger charge is -2.42. The average molecular weight is 492 g/mol. The Balaban J connectivity index is 1.12. The molecule has 0 spiro atoms. The maximum atomic E-state index is 12.7. The number of amides is 1. The van der Waals surface area contributed by atoms with Crippen molar-refractivity contribution in [3.8, 4) is 0 Å². The summed E-state index contributed by atoms with van der Waals surface area (Å²) >= 11 is 1.26. The molecular formula is C27H33N5O2S. The number of anilines is 2. The second-order valence-electron chi connectivity index (χ2n) is 9.29. The molecule has 2 aromatic carbocycles. The number of para-hydroxylation sites is 2. The van der Waals surface area contributed by atoms with E-state index in [0.717, 1.165) is 49.2 Å². The molecule has 0 atom stereocenters. The van der Waals surface area contributed by atoms with Gasteiger partial charge in [-0.2, -0.15) is 0 Å². The Kier molecular flexibility index (Phi) is 8.00. The number of hydrogen-bond acceptors (Lipinski definition) is 7. The van der Waals surface area contributed by atoms with Crippen molar-refractivity contribution in [2.45, 2.75) is 49.8 Å². The van der Waals surface area contributed by atoms with Crippen LogP contribution in [-0.4, -0.2) is 59.0 Å². The highest BCUT2D eigenvalue weighted by molar-refractivity contribution is 7.99. The van der Waals surface area contributed by atoms with Gasteiger partial charge in [-0.1, -0.05) is 73.5 Å². The van der Waals surface area contributed by atoms with Crippen molar-refractivity contribution >= 4 is 29.0 Å². The summed E-state index contributed by atoms with van der Waals surface area (Å²) in [6.07, 6.45) is 7.41. The van der Waals surface area contributed by atoms with Crippen molar-refractivity contribution in [2.24, 2.45) is 0 Å². The van der Waals surface area contributed by atoms with E-state index >= 15 is 0 Å². The number of piperazine rings is 1. The van der Waals surface area contributed by atoms with Gasteiger partial charge in [0, 0.05) is 32.2 Å². The topological polar surface area (TPSA) is 74.5 Å². The summed E-state index contributed by atoms with van der Waals surface area (Å²) in [5.74, 6) is 0.694. The van der Waals surface area contributed by atoms with Gasteiger partial charge in [-0.3, -0.25) is 9.69 Å². The van der Waals surface area contributed by atoms with E-state index in [1.807, 2.05) is 48.5 Å². The predicted molar refractivity (Wildman–Crippen MR) is 140 cm³/mol. The van der Waals surface area contributed by atoms with Gasteiger partial charge in [0.2, 0.25) is 11.8 Å². The SMILES string of the molecule is O=C(CSc1nnc(Cc2ccccc2)o1)Nc1ccccc1N1CCN(C2CCCCC2)CC1. The van der Waals surface area contributed by atoms with Gasteiger partial charge in [0.05, 0.1) is 23.5 Å². The molecule has 2 fully saturated rings. The summed E-state index contributed by atoms with van der Waals surface area (Å²) in [4.78, 5) is 17.8. The van der Waals surface area contributed by atoms with Gasteiger partial charge in [0.25, 0.3) is 5.22 Å². The lowest BCUT2D eigenvalue weighted by atomic mass is 9.94. The molecule has 2 heterocycles. The van der Waals surface area contributed by atoms with Gasteiger partial charge in [-0.15, -0.1) is 10.2 Å². The van der Waals surface area contributed by atoms with Crippen molar-refractivity contribution < 1.29 is 9.21 Å². The molecule has 5 rings (SSSR count). The second kappa shape index (κ2) is 11.7. The first kappa shape index (κ1) is 23.9. The van der Waals surface area contributed by atoms with Crippen LogP contribution in [0.2, 0.25) is 0 Å². The molecule has 1 aromatic heterocycles. The van der Waals surface area contributed by atoms with E-state index in [1.54, 1.807) is 0 Å².